The summed E-state index contributed by atoms with van der Waals surface area (Å²) in [6.07, 6.45) is 0.737. The van der Waals surface area contributed by atoms with Crippen molar-refractivity contribution in [1.29, 1.82) is 0 Å². The highest BCUT2D eigenvalue weighted by Crippen LogP contribution is 2.30. The first-order chi connectivity index (χ1) is 15.6. The lowest BCUT2D eigenvalue weighted by atomic mass is 10.0. The van der Waals surface area contributed by atoms with Gasteiger partial charge < -0.3 is 30.7 Å². The highest BCUT2D eigenvalue weighted by atomic mass is 16.5. The molecule has 0 aliphatic heterocycles. The number of rotatable bonds is 10. The van der Waals surface area contributed by atoms with Crippen LogP contribution in [0.1, 0.15) is 11.7 Å². The maximum absolute atomic E-state index is 12.4. The minimum atomic E-state index is -1.14. The predicted molar refractivity (Wildman–Crippen MR) is 123 cm³/mol. The van der Waals surface area contributed by atoms with E-state index in [9.17, 15) is 9.90 Å². The monoisotopic (exact) mass is 434 g/mol. The number of aliphatic hydroxyl groups is 2. The van der Waals surface area contributed by atoms with Gasteiger partial charge in [0, 0.05) is 11.6 Å². The van der Waals surface area contributed by atoms with Crippen molar-refractivity contribution >= 4 is 17.3 Å². The molecule has 3 rings (SSSR count). The maximum atomic E-state index is 12.4. The molecule has 1 amide bonds. The second kappa shape index (κ2) is 11.5. The molecule has 3 aromatic carbocycles. The van der Waals surface area contributed by atoms with E-state index in [1.54, 1.807) is 60.7 Å². The number of aliphatic hydroxyl groups excluding tert-OH is 2. The average molecular weight is 434 g/mol. The van der Waals surface area contributed by atoms with Crippen LogP contribution >= 0.6 is 0 Å². The summed E-state index contributed by atoms with van der Waals surface area (Å²) in [6.45, 7) is -0.0677. The van der Waals surface area contributed by atoms with Crippen molar-refractivity contribution < 1.29 is 24.5 Å². The summed E-state index contributed by atoms with van der Waals surface area (Å²) in [5.41, 5.74) is 7.28. The fourth-order valence-electron chi connectivity index (χ4n) is 3.02. The van der Waals surface area contributed by atoms with E-state index in [0.717, 1.165) is 0 Å². The molecule has 0 heterocycles. The van der Waals surface area contributed by atoms with Gasteiger partial charge in [-0.25, -0.2) is 0 Å². The topological polar surface area (TPSA) is 114 Å². The number of ether oxygens (including phenoxy) is 2. The van der Waals surface area contributed by atoms with Crippen molar-refractivity contribution in [2.45, 2.75) is 12.2 Å². The Hall–Kier alpha value is -3.81. The quantitative estimate of drug-likeness (QED) is 0.288. The van der Waals surface area contributed by atoms with Crippen molar-refractivity contribution in [3.63, 3.8) is 0 Å². The Morgan fingerprint density at radius 1 is 1.00 bits per heavy atom. The molecule has 2 atom stereocenters. The number of anilines is 2. The first-order valence-corrected chi connectivity index (χ1v) is 10.1. The van der Waals surface area contributed by atoms with Crippen molar-refractivity contribution in [3.8, 4) is 11.5 Å². The number of carbonyl (C=O) groups is 1. The molecule has 0 spiro atoms. The summed E-state index contributed by atoms with van der Waals surface area (Å²) in [7, 11) is 0. The lowest BCUT2D eigenvalue weighted by molar-refractivity contribution is -0.112. The van der Waals surface area contributed by atoms with Crippen LogP contribution < -0.4 is 20.5 Å². The number of nitrogen functional groups attached to an aromatic ring is 1. The maximum Gasteiger partial charge on any atom is 0.248 e. The van der Waals surface area contributed by atoms with Gasteiger partial charge in [-0.2, -0.15) is 0 Å². The smallest absolute Gasteiger partial charge is 0.248 e. The Labute approximate surface area is 186 Å². The zero-order valence-electron chi connectivity index (χ0n) is 17.4. The van der Waals surface area contributed by atoms with Crippen LogP contribution in [0, 0.1) is 0 Å². The standard InChI is InChI=1S/C25H26N2O5/c26-20-11-5-6-12-21(20)27-24(29)15-14-23(32-18-8-2-1-3-9-18)25(30)19-10-4-7-13-22(19)31-17-16-28/h1-15,23,25,28,30H,16-17,26H2,(H,27,29)/b15-14+/t23-,25-/m0/s1. The molecule has 3 aromatic rings. The molecule has 0 bridgehead atoms. The fraction of sp³-hybridized carbons (Fsp3) is 0.160. The minimum Gasteiger partial charge on any atom is -0.491 e. The van der Waals surface area contributed by atoms with Crippen molar-refractivity contribution in [3.05, 3.63) is 96.6 Å². The Morgan fingerprint density at radius 3 is 2.44 bits per heavy atom. The summed E-state index contributed by atoms with van der Waals surface area (Å²) >= 11 is 0. The molecule has 0 aliphatic carbocycles. The fourth-order valence-corrected chi connectivity index (χ4v) is 3.02. The van der Waals surface area contributed by atoms with Crippen LogP contribution in [0.25, 0.3) is 0 Å². The first-order valence-electron chi connectivity index (χ1n) is 10.1. The Balaban J connectivity index is 1.83. The van der Waals surface area contributed by atoms with Gasteiger partial charge in [-0.05, 0) is 36.4 Å². The predicted octanol–water partition coefficient (Wildman–Crippen LogP) is 3.32. The number of carbonyl (C=O) groups excluding carboxylic acids is 1. The van der Waals surface area contributed by atoms with Crippen LogP contribution in [0.3, 0.4) is 0 Å². The van der Waals surface area contributed by atoms with Gasteiger partial charge in [0.2, 0.25) is 5.91 Å². The van der Waals surface area contributed by atoms with Crippen LogP contribution in [-0.4, -0.2) is 35.4 Å². The number of hydrogen-bond acceptors (Lipinski definition) is 6. The molecule has 7 heteroatoms. The van der Waals surface area contributed by atoms with Gasteiger partial charge in [0.05, 0.1) is 18.0 Å². The highest BCUT2D eigenvalue weighted by molar-refractivity contribution is 6.01. The summed E-state index contributed by atoms with van der Waals surface area (Å²) in [4.78, 5) is 12.4. The molecule has 0 saturated carbocycles. The molecule has 0 saturated heterocycles. The van der Waals surface area contributed by atoms with Crippen molar-refractivity contribution in [2.24, 2.45) is 0 Å². The van der Waals surface area contributed by atoms with Crippen LogP contribution in [0.5, 0.6) is 11.5 Å². The largest absolute Gasteiger partial charge is 0.491 e. The SMILES string of the molecule is Nc1ccccc1NC(=O)/C=C/[C@H](Oc1ccccc1)[C@@H](O)c1ccccc1OCCO. The Morgan fingerprint density at radius 2 is 1.69 bits per heavy atom. The summed E-state index contributed by atoms with van der Waals surface area (Å²) in [6, 6.07) is 22.8. The second-order valence-electron chi connectivity index (χ2n) is 6.89. The van der Waals surface area contributed by atoms with E-state index in [-0.39, 0.29) is 13.2 Å². The third-order valence-corrected chi connectivity index (χ3v) is 4.57. The summed E-state index contributed by atoms with van der Waals surface area (Å²) < 4.78 is 11.5. The van der Waals surface area contributed by atoms with E-state index < -0.39 is 18.1 Å². The molecule has 0 unspecified atom stereocenters. The Kier molecular flexibility index (Phi) is 8.25. The van der Waals surface area contributed by atoms with Crippen LogP contribution in [0.2, 0.25) is 0 Å². The molecule has 166 valence electrons. The molecule has 0 radical (unpaired) electrons. The molecule has 0 aromatic heterocycles. The number of para-hydroxylation sites is 4. The van der Waals surface area contributed by atoms with Gasteiger partial charge in [0.25, 0.3) is 0 Å². The second-order valence-corrected chi connectivity index (χ2v) is 6.89. The average Bonchev–Trinajstić information content (AvgIpc) is 2.82. The van der Waals surface area contributed by atoms with Gasteiger partial charge in [-0.3, -0.25) is 4.79 Å². The van der Waals surface area contributed by atoms with Gasteiger partial charge >= 0.3 is 0 Å². The van der Waals surface area contributed by atoms with Gasteiger partial charge in [-0.1, -0.05) is 48.5 Å². The molecule has 5 N–H and O–H groups in total. The number of hydrogen-bond donors (Lipinski definition) is 4. The van der Waals surface area contributed by atoms with E-state index in [1.807, 2.05) is 18.2 Å². The number of benzene rings is 3. The third kappa shape index (κ3) is 6.34. The third-order valence-electron chi connectivity index (χ3n) is 4.57. The van der Waals surface area contributed by atoms with E-state index in [4.69, 9.17) is 20.3 Å². The minimum absolute atomic E-state index is 0.0880. The van der Waals surface area contributed by atoms with E-state index >= 15 is 0 Å². The van der Waals surface area contributed by atoms with Gasteiger partial charge in [0.15, 0.2) is 0 Å². The van der Waals surface area contributed by atoms with E-state index in [2.05, 4.69) is 5.32 Å². The van der Waals surface area contributed by atoms with Gasteiger partial charge in [-0.15, -0.1) is 0 Å². The van der Waals surface area contributed by atoms with E-state index in [0.29, 0.717) is 28.4 Å². The van der Waals surface area contributed by atoms with Crippen molar-refractivity contribution in [2.75, 3.05) is 24.3 Å². The summed E-state index contributed by atoms with van der Waals surface area (Å²) in [5, 5.41) is 22.9. The molecule has 0 fully saturated rings. The lowest BCUT2D eigenvalue weighted by Gasteiger charge is -2.23. The number of amides is 1. The van der Waals surface area contributed by atoms with Crippen LogP contribution in [-0.2, 0) is 4.79 Å². The summed E-state index contributed by atoms with van der Waals surface area (Å²) in [5.74, 6) is 0.537. The normalized spacial score (nSPS) is 12.8. The number of nitrogens with one attached hydrogen (secondary N) is 1. The van der Waals surface area contributed by atoms with Crippen molar-refractivity contribution in [1.82, 2.24) is 0 Å². The van der Waals surface area contributed by atoms with Crippen LogP contribution in [0.4, 0.5) is 11.4 Å². The molecular formula is C25H26N2O5. The molecule has 32 heavy (non-hydrogen) atoms. The Bertz CT molecular complexity index is 1040. The van der Waals surface area contributed by atoms with Crippen LogP contribution in [0.15, 0.2) is 91.0 Å². The highest BCUT2D eigenvalue weighted by Gasteiger charge is 2.24. The zero-order valence-corrected chi connectivity index (χ0v) is 17.4. The van der Waals surface area contributed by atoms with E-state index in [1.165, 1.54) is 12.2 Å². The van der Waals surface area contributed by atoms with Gasteiger partial charge in [0.1, 0.15) is 30.3 Å². The molecular weight excluding hydrogens is 408 g/mol. The molecule has 0 aliphatic rings. The zero-order chi connectivity index (χ0) is 22.8. The molecule has 7 nitrogen and oxygen atoms in total. The first kappa shape index (κ1) is 22.9. The number of nitrogens with two attached hydrogens (primary N) is 1. The lowest BCUT2D eigenvalue weighted by Crippen LogP contribution is -2.24.